The fraction of sp³-hybridized carbons (Fsp3) is 0.636. The number of hydrogen-bond donors (Lipinski definition) is 10. The molecule has 628 valence electrons. The number of hydrogen-bond acceptors (Lipinski definition) is 18. The number of ketones is 4. The first-order chi connectivity index (χ1) is 54.3. The van der Waals surface area contributed by atoms with Crippen molar-refractivity contribution in [2.75, 3.05) is 76.3 Å². The molecule has 6 aliphatic heterocycles. The summed E-state index contributed by atoms with van der Waals surface area (Å²) >= 11 is 4.30. The molecular weight excluding hydrogens is 1930 g/mol. The highest BCUT2D eigenvalue weighted by Gasteiger charge is 2.78. The number of phenols is 2. The van der Waals surface area contributed by atoms with E-state index in [2.05, 4.69) is 69.1 Å². The van der Waals surface area contributed by atoms with Gasteiger partial charge in [-0.1, -0.05) is 69.4 Å². The molecule has 28 heteroatoms. The molecule has 12 aliphatic carbocycles. The van der Waals surface area contributed by atoms with Crippen molar-refractivity contribution in [3.8, 4) is 23.0 Å². The highest BCUT2D eigenvalue weighted by atomic mass is 127. The maximum absolute atomic E-state index is 12.9. The molecule has 116 heavy (non-hydrogen) atoms. The number of halogens is 4. The number of nitrogens with zero attached hydrogens (tertiary/aromatic N) is 4. The van der Waals surface area contributed by atoms with Gasteiger partial charge < -0.3 is 120 Å². The third-order valence-electron chi connectivity index (χ3n) is 32.2. The van der Waals surface area contributed by atoms with Crippen LogP contribution in [0.5, 0.6) is 23.0 Å². The topological polar surface area (TPSA) is 387 Å². The second-order valence-electron chi connectivity index (χ2n) is 38.0. The number of likely N-dealkylation sites (N-methyl/N-ethyl adjacent to an activating group) is 2. The summed E-state index contributed by atoms with van der Waals surface area (Å²) in [5.74, 6) is 1.46. The Morgan fingerprint density at radius 3 is 1.24 bits per heavy atom. The Labute approximate surface area is 739 Å². The van der Waals surface area contributed by atoms with Crippen molar-refractivity contribution >= 4 is 91.9 Å². The maximum atomic E-state index is 12.9. The van der Waals surface area contributed by atoms with Crippen molar-refractivity contribution < 1.29 is 135 Å². The quantitative estimate of drug-likeness (QED) is 0.0531. The van der Waals surface area contributed by atoms with Crippen molar-refractivity contribution in [3.05, 3.63) is 115 Å². The van der Waals surface area contributed by atoms with Gasteiger partial charge in [0.15, 0.2) is 23.8 Å². The SMILES string of the molecule is CI.CI.C[N+]1(CC2CC2)CC[C@]23CC(=O)CC[C@@]2(O)[C@H]1Cc1ccc(C(N)=O)c(O)c13.C[N+]1(CC2CC2)CC[C@]23c4c5ccc(C(N)=O)c4O[C@H]2C(=O)CC[C@@]3(O)[C@H]1C5.NC(=O)c1ccc2c(c1O)[C@]13CCN(CC4CC4)[C@H](C2)[C@]1(O)CCC(=O)C3.NC(=O)c1ccc2c3c1O[C@H]1C(=O)CC[C@@]4(O)[C@@H](C2)N(CC2CC2)CC[C@]314.[I-].[I-]. The van der Waals surface area contributed by atoms with Crippen molar-refractivity contribution in [2.45, 2.75) is 247 Å². The minimum absolute atomic E-state index is 0. The number of benzene rings is 4. The number of nitrogens with two attached hydrogens (primary N) is 4. The average molecular weight is 2050 g/mol. The average Bonchev–Trinajstić information content (AvgIpc) is 1.57. The molecule has 14 N–H and O–H groups in total. The van der Waals surface area contributed by atoms with E-state index in [1.165, 1.54) is 51.4 Å². The Hall–Kier alpha value is -4.76. The minimum atomic E-state index is -1.06. The molecule has 8 bridgehead atoms. The Balaban J connectivity index is 0.000000119. The number of carbonyl (C=O) groups is 8. The molecule has 6 heterocycles. The van der Waals surface area contributed by atoms with Crippen molar-refractivity contribution in [2.24, 2.45) is 46.6 Å². The Morgan fingerprint density at radius 2 is 0.793 bits per heavy atom. The molecule has 12 fully saturated rings. The van der Waals surface area contributed by atoms with Crippen molar-refractivity contribution in [1.29, 1.82) is 0 Å². The smallest absolute Gasteiger partial charge is 0.252 e. The van der Waals surface area contributed by atoms with Gasteiger partial charge in [-0.3, -0.25) is 48.2 Å². The molecule has 2 spiro atoms. The van der Waals surface area contributed by atoms with Crippen LogP contribution in [0, 0.1) is 23.7 Å². The molecule has 4 saturated heterocycles. The number of primary amides is 4. The summed E-state index contributed by atoms with van der Waals surface area (Å²) in [4.78, 5) is 107. The number of likely N-dealkylation sites (tertiary alicyclic amines) is 4. The van der Waals surface area contributed by atoms with Crippen molar-refractivity contribution in [3.63, 3.8) is 0 Å². The summed E-state index contributed by atoms with van der Waals surface area (Å²) in [5.41, 5.74) is 22.8. The summed E-state index contributed by atoms with van der Waals surface area (Å²) < 4.78 is 14.0. The summed E-state index contributed by atoms with van der Waals surface area (Å²) in [7, 11) is 4.54. The van der Waals surface area contributed by atoms with Crippen LogP contribution in [-0.4, -0.2) is 231 Å². The van der Waals surface area contributed by atoms with Gasteiger partial charge in [0.25, 0.3) is 23.6 Å². The first kappa shape index (κ1) is 86.2. The van der Waals surface area contributed by atoms with E-state index in [0.29, 0.717) is 124 Å². The molecule has 4 aromatic rings. The van der Waals surface area contributed by atoms with Crippen LogP contribution in [0.15, 0.2) is 48.5 Å². The fourth-order valence-electron chi connectivity index (χ4n) is 26.4. The number of quaternary nitrogens is 2. The van der Waals surface area contributed by atoms with E-state index in [1.54, 1.807) is 24.3 Å². The molecular formula is C88H112I4N8O16. The molecule has 22 rings (SSSR count). The fourth-order valence-corrected chi connectivity index (χ4v) is 26.4. The second kappa shape index (κ2) is 30.6. The van der Waals surface area contributed by atoms with Gasteiger partial charge in [-0.25, -0.2) is 0 Å². The first-order valence-corrected chi connectivity index (χ1v) is 46.1. The molecule has 0 radical (unpaired) electrons. The predicted molar refractivity (Wildman–Crippen MR) is 439 cm³/mol. The van der Waals surface area contributed by atoms with Gasteiger partial charge in [0.05, 0.1) is 84.6 Å². The van der Waals surface area contributed by atoms with Crippen LogP contribution in [-0.2, 0) is 66.5 Å². The van der Waals surface area contributed by atoms with Crippen LogP contribution in [0.4, 0.5) is 0 Å². The highest BCUT2D eigenvalue weighted by molar-refractivity contribution is 14.1. The lowest BCUT2D eigenvalue weighted by Gasteiger charge is -2.65. The van der Waals surface area contributed by atoms with Gasteiger partial charge in [0.2, 0.25) is 0 Å². The van der Waals surface area contributed by atoms with Gasteiger partial charge in [0.1, 0.15) is 57.9 Å². The van der Waals surface area contributed by atoms with Crippen LogP contribution in [0.25, 0.3) is 0 Å². The van der Waals surface area contributed by atoms with E-state index < -0.39 is 79.9 Å². The van der Waals surface area contributed by atoms with Crippen LogP contribution < -0.4 is 80.4 Å². The third-order valence-corrected chi connectivity index (χ3v) is 32.2. The van der Waals surface area contributed by atoms with Gasteiger partial charge in [0, 0.05) is 134 Å². The Morgan fingerprint density at radius 1 is 0.440 bits per heavy atom. The number of piperidine rings is 4. The molecule has 2 unspecified atom stereocenters. The molecule has 0 aromatic heterocycles. The third kappa shape index (κ3) is 12.7. The van der Waals surface area contributed by atoms with Crippen LogP contribution in [0.3, 0.4) is 0 Å². The van der Waals surface area contributed by atoms with Gasteiger partial charge in [-0.05, 0) is 184 Å². The molecule has 16 atom stereocenters. The largest absolute Gasteiger partial charge is 1.00 e. The number of fused-ring (bicyclic) bond motifs is 2. The predicted octanol–water partition coefficient (Wildman–Crippen LogP) is 0.744. The molecule has 24 nitrogen and oxygen atoms in total. The molecule has 8 saturated carbocycles. The molecule has 18 aliphatic rings. The standard InChI is InChI=1S/C22H26N2O4.C22H28N2O4.C21H24N2O4.C21H26N2O4.2CH3I.2HI/c1-24(11-12-2-3-12)9-8-21-17-13-4-5-14(20(23)26)18(17)28-19(21)15(25)6-7-22(21,27)16(24)10-13;1-24(12-13-2-3-13)9-8-21-11-15(25)6-7-22(21,28)17(24)10-14-4-5-16(20(23)27)19(26)18(14)21;22-19(25)13-4-3-12-9-15-21(26)6-5-14(24)18-20(21,16(12)17(13)27-18)7-8-23(15)10-11-1-2-11;22-19(26)15-4-3-13-9-16-21(27)6-5-14(24)10-20(21,17(13)18(15)25)7-8-23(16)11-12-1-2-12;2*1-2;;/h4-5,12,16,19,27H,2-3,6-11H2,1H3,(H-,23,26);4-5,13,17,28H,2-3,6-12H2,1H3,(H2-,23,26,27);3-4,11,15,18,26H,1-2,5-10H2,(H2,22,25);3-4,12,16,25,27H,1-2,5-11H2,(H2,22,26);2*1H3;2*1H/t16-,19+,21+,22-,24?;17-,21-,22-,24?;15-,18+,20+,21-;16-,20-,21-;;;;/m1111..../s1. The Kier molecular flexibility index (Phi) is 22.8. The highest BCUT2D eigenvalue weighted by Crippen LogP contribution is 2.69. The summed E-state index contributed by atoms with van der Waals surface area (Å²) in [5, 5.41) is 70.4. The van der Waals surface area contributed by atoms with E-state index in [0.717, 1.165) is 131 Å². The number of amides is 4. The van der Waals surface area contributed by atoms with Crippen LogP contribution >= 0.6 is 45.2 Å². The van der Waals surface area contributed by atoms with E-state index in [-0.39, 0.29) is 131 Å². The zero-order chi connectivity index (χ0) is 80.9. The lowest BCUT2D eigenvalue weighted by Crippen LogP contribution is -3.00. The summed E-state index contributed by atoms with van der Waals surface area (Å²) in [6, 6.07) is 14.3. The number of Topliss-reactive ketones (excluding diaryl/α,β-unsaturated/α-hetero) is 4. The van der Waals surface area contributed by atoms with Gasteiger partial charge >= 0.3 is 0 Å². The number of carbonyl (C=O) groups excluding carboxylic acids is 8. The van der Waals surface area contributed by atoms with E-state index >= 15 is 0 Å². The van der Waals surface area contributed by atoms with Gasteiger partial charge in [-0.15, -0.1) is 0 Å². The summed E-state index contributed by atoms with van der Waals surface area (Å²) in [6.07, 6.45) is 17.8. The Bertz CT molecular complexity index is 4740. The number of ether oxygens (including phenoxy) is 2. The number of alkyl halides is 2. The van der Waals surface area contributed by atoms with Gasteiger partial charge in [-0.2, -0.15) is 0 Å². The zero-order valence-electron chi connectivity index (χ0n) is 66.8. The second-order valence-corrected chi connectivity index (χ2v) is 38.0. The lowest BCUT2D eigenvalue weighted by atomic mass is 9.48. The molecule has 4 aromatic carbocycles. The summed E-state index contributed by atoms with van der Waals surface area (Å²) in [6.45, 7) is 7.66. The van der Waals surface area contributed by atoms with E-state index in [9.17, 15) is 69.0 Å². The monoisotopic (exact) mass is 2040 g/mol. The number of aromatic hydroxyl groups is 2. The van der Waals surface area contributed by atoms with Crippen LogP contribution in [0.1, 0.15) is 227 Å². The minimum Gasteiger partial charge on any atom is -1.00 e. The zero-order valence-corrected chi connectivity index (χ0v) is 75.4. The normalized spacial score (nSPS) is 37.2. The maximum Gasteiger partial charge on any atom is 0.252 e. The van der Waals surface area contributed by atoms with E-state index in [1.807, 2.05) is 34.1 Å². The van der Waals surface area contributed by atoms with Crippen molar-refractivity contribution in [1.82, 2.24) is 9.80 Å². The van der Waals surface area contributed by atoms with E-state index in [4.69, 9.17) is 32.4 Å². The number of rotatable bonds is 12. The molecule has 4 amide bonds. The lowest BCUT2D eigenvalue weighted by molar-refractivity contribution is -0.950. The number of aliphatic hydroxyl groups is 4. The van der Waals surface area contributed by atoms with Crippen LogP contribution in [0.2, 0.25) is 0 Å². The first-order valence-electron chi connectivity index (χ1n) is 41.8.